The quantitative estimate of drug-likeness (QED) is 0.506. The van der Waals surface area contributed by atoms with E-state index in [0.29, 0.717) is 6.04 Å². The topological polar surface area (TPSA) is 68.1 Å². The minimum absolute atomic E-state index is 0.0546. The molecule has 1 aliphatic rings. The van der Waals surface area contributed by atoms with Crippen LogP contribution >= 0.6 is 0 Å². The zero-order chi connectivity index (χ0) is 13.0. The molecule has 1 saturated carbocycles. The molecule has 5 heteroatoms. The van der Waals surface area contributed by atoms with Gasteiger partial charge in [-0.2, -0.15) is 0 Å². The summed E-state index contributed by atoms with van der Waals surface area (Å²) in [6, 6.07) is 2.03. The Kier molecular flexibility index (Phi) is 4.12. The van der Waals surface area contributed by atoms with E-state index in [1.54, 1.807) is 6.07 Å². The monoisotopic (exact) mass is 249 g/mol. The first-order valence-corrected chi connectivity index (χ1v) is 6.54. The van der Waals surface area contributed by atoms with E-state index >= 15 is 0 Å². The van der Waals surface area contributed by atoms with Crippen LogP contribution in [0.15, 0.2) is 12.3 Å². The predicted molar refractivity (Wildman–Crippen MR) is 70.7 cm³/mol. The summed E-state index contributed by atoms with van der Waals surface area (Å²) in [4.78, 5) is 14.4. The lowest BCUT2D eigenvalue weighted by molar-refractivity contribution is -0.385. The third-order valence-corrected chi connectivity index (χ3v) is 3.47. The lowest BCUT2D eigenvalue weighted by atomic mass is 10.1. The Balaban J connectivity index is 2.06. The molecule has 0 unspecified atom stereocenters. The van der Waals surface area contributed by atoms with E-state index in [1.165, 1.54) is 31.9 Å². The van der Waals surface area contributed by atoms with Gasteiger partial charge in [0.15, 0.2) is 0 Å². The standard InChI is InChI=1S/C13H19N3O2/c1-10-8-12(16(17)18)9-14-13(10)15-11-6-4-2-3-5-7-11/h8-9,11H,2-7H2,1H3,(H,14,15). The molecule has 0 saturated heterocycles. The third kappa shape index (κ3) is 3.18. The number of nitrogens with one attached hydrogen (secondary N) is 1. The highest BCUT2D eigenvalue weighted by atomic mass is 16.6. The van der Waals surface area contributed by atoms with Crippen LogP contribution < -0.4 is 5.32 Å². The number of pyridine rings is 1. The Morgan fingerprint density at radius 3 is 2.56 bits per heavy atom. The Bertz CT molecular complexity index is 426. The number of hydrogen-bond acceptors (Lipinski definition) is 4. The molecule has 2 rings (SSSR count). The second-order valence-corrected chi connectivity index (χ2v) is 4.95. The van der Waals surface area contributed by atoms with Crippen molar-refractivity contribution >= 4 is 11.5 Å². The van der Waals surface area contributed by atoms with Crippen LogP contribution in [-0.4, -0.2) is 15.9 Å². The van der Waals surface area contributed by atoms with Gasteiger partial charge in [-0.1, -0.05) is 25.7 Å². The second-order valence-electron chi connectivity index (χ2n) is 4.95. The van der Waals surface area contributed by atoms with Crippen LogP contribution in [0.2, 0.25) is 0 Å². The van der Waals surface area contributed by atoms with Crippen LogP contribution in [0.5, 0.6) is 0 Å². The van der Waals surface area contributed by atoms with Crippen LogP contribution in [0.1, 0.15) is 44.1 Å². The molecule has 0 amide bonds. The van der Waals surface area contributed by atoms with E-state index in [0.717, 1.165) is 24.2 Å². The Hall–Kier alpha value is -1.65. The van der Waals surface area contributed by atoms with E-state index in [9.17, 15) is 10.1 Å². The van der Waals surface area contributed by atoms with Crippen molar-refractivity contribution < 1.29 is 4.92 Å². The van der Waals surface area contributed by atoms with Crippen molar-refractivity contribution in [3.8, 4) is 0 Å². The number of aromatic nitrogens is 1. The van der Waals surface area contributed by atoms with Crippen LogP contribution in [-0.2, 0) is 0 Å². The highest BCUT2D eigenvalue weighted by molar-refractivity contribution is 5.48. The molecule has 0 spiro atoms. The van der Waals surface area contributed by atoms with Gasteiger partial charge in [0.1, 0.15) is 12.0 Å². The van der Waals surface area contributed by atoms with Crippen molar-refractivity contribution in [1.82, 2.24) is 4.98 Å². The second kappa shape index (κ2) is 5.80. The summed E-state index contributed by atoms with van der Waals surface area (Å²) in [7, 11) is 0. The van der Waals surface area contributed by atoms with E-state index in [4.69, 9.17) is 0 Å². The fourth-order valence-corrected chi connectivity index (χ4v) is 2.43. The molecular formula is C13H19N3O2. The molecule has 98 valence electrons. The molecule has 0 aromatic carbocycles. The maximum atomic E-state index is 10.6. The van der Waals surface area contributed by atoms with E-state index in [-0.39, 0.29) is 5.69 Å². The number of hydrogen-bond donors (Lipinski definition) is 1. The molecule has 1 aromatic rings. The molecule has 0 atom stereocenters. The predicted octanol–water partition coefficient (Wildman–Crippen LogP) is 3.43. The highest BCUT2D eigenvalue weighted by Gasteiger charge is 2.15. The van der Waals surface area contributed by atoms with Crippen LogP contribution in [0.25, 0.3) is 0 Å². The summed E-state index contributed by atoms with van der Waals surface area (Å²) < 4.78 is 0. The van der Waals surface area contributed by atoms with E-state index in [2.05, 4.69) is 10.3 Å². The summed E-state index contributed by atoms with van der Waals surface area (Å²) in [5, 5.41) is 14.1. The normalized spacial score (nSPS) is 17.2. The first-order valence-electron chi connectivity index (χ1n) is 6.54. The van der Waals surface area contributed by atoms with Crippen molar-refractivity contribution in [3.63, 3.8) is 0 Å². The summed E-state index contributed by atoms with van der Waals surface area (Å²) >= 11 is 0. The van der Waals surface area contributed by atoms with Crippen LogP contribution in [0.4, 0.5) is 11.5 Å². The lowest BCUT2D eigenvalue weighted by Crippen LogP contribution is -2.19. The van der Waals surface area contributed by atoms with Crippen molar-refractivity contribution in [3.05, 3.63) is 27.9 Å². The fraction of sp³-hybridized carbons (Fsp3) is 0.615. The van der Waals surface area contributed by atoms with E-state index < -0.39 is 4.92 Å². The molecule has 1 aromatic heterocycles. The highest BCUT2D eigenvalue weighted by Crippen LogP contribution is 2.23. The van der Waals surface area contributed by atoms with Crippen LogP contribution in [0.3, 0.4) is 0 Å². The zero-order valence-corrected chi connectivity index (χ0v) is 10.7. The maximum absolute atomic E-state index is 10.6. The molecular weight excluding hydrogens is 230 g/mol. The van der Waals surface area contributed by atoms with E-state index in [1.807, 2.05) is 6.92 Å². The van der Waals surface area contributed by atoms with Gasteiger partial charge >= 0.3 is 0 Å². The van der Waals surface area contributed by atoms with Crippen LogP contribution in [0, 0.1) is 17.0 Å². The van der Waals surface area contributed by atoms with Gasteiger partial charge in [0.05, 0.1) is 4.92 Å². The lowest BCUT2D eigenvalue weighted by Gasteiger charge is -2.18. The van der Waals surface area contributed by atoms with Crippen molar-refractivity contribution in [2.75, 3.05) is 5.32 Å². The maximum Gasteiger partial charge on any atom is 0.287 e. The summed E-state index contributed by atoms with van der Waals surface area (Å²) in [5.74, 6) is 0.785. The first kappa shape index (κ1) is 12.8. The SMILES string of the molecule is Cc1cc([N+](=O)[O-])cnc1NC1CCCCCC1. The minimum Gasteiger partial charge on any atom is -0.367 e. The number of anilines is 1. The summed E-state index contributed by atoms with van der Waals surface area (Å²) in [5.41, 5.74) is 0.896. The molecule has 0 aliphatic heterocycles. The number of aryl methyl sites for hydroxylation is 1. The van der Waals surface area contributed by atoms with Gasteiger partial charge in [0.2, 0.25) is 0 Å². The Morgan fingerprint density at radius 2 is 2.00 bits per heavy atom. The Labute approximate surface area is 107 Å². The molecule has 1 aliphatic carbocycles. The molecule has 1 heterocycles. The number of nitrogens with zero attached hydrogens (tertiary/aromatic N) is 2. The summed E-state index contributed by atoms with van der Waals surface area (Å²) in [6.07, 6.45) is 8.78. The van der Waals surface area contributed by atoms with Gasteiger partial charge in [-0.05, 0) is 25.3 Å². The molecule has 0 radical (unpaired) electrons. The molecule has 1 fully saturated rings. The number of nitro groups is 1. The van der Waals surface area contributed by atoms with Crippen molar-refractivity contribution in [1.29, 1.82) is 0 Å². The average molecular weight is 249 g/mol. The van der Waals surface area contributed by atoms with Gasteiger partial charge in [0, 0.05) is 12.1 Å². The molecule has 5 nitrogen and oxygen atoms in total. The fourth-order valence-electron chi connectivity index (χ4n) is 2.43. The van der Waals surface area contributed by atoms with Gasteiger partial charge < -0.3 is 5.32 Å². The van der Waals surface area contributed by atoms with Gasteiger partial charge in [-0.3, -0.25) is 10.1 Å². The molecule has 0 bridgehead atoms. The number of rotatable bonds is 3. The van der Waals surface area contributed by atoms with Gasteiger partial charge in [0.25, 0.3) is 5.69 Å². The van der Waals surface area contributed by atoms with Gasteiger partial charge in [-0.25, -0.2) is 4.98 Å². The summed E-state index contributed by atoms with van der Waals surface area (Å²) in [6.45, 7) is 1.86. The Morgan fingerprint density at radius 1 is 1.33 bits per heavy atom. The average Bonchev–Trinajstić information content (AvgIpc) is 2.60. The molecule has 18 heavy (non-hydrogen) atoms. The third-order valence-electron chi connectivity index (χ3n) is 3.47. The largest absolute Gasteiger partial charge is 0.367 e. The van der Waals surface area contributed by atoms with Gasteiger partial charge in [-0.15, -0.1) is 0 Å². The zero-order valence-electron chi connectivity index (χ0n) is 10.7. The van der Waals surface area contributed by atoms with Crippen molar-refractivity contribution in [2.24, 2.45) is 0 Å². The molecule has 1 N–H and O–H groups in total. The van der Waals surface area contributed by atoms with Crippen molar-refractivity contribution in [2.45, 2.75) is 51.5 Å². The smallest absolute Gasteiger partial charge is 0.287 e. The first-order chi connectivity index (χ1) is 8.66. The minimum atomic E-state index is -0.407.